The summed E-state index contributed by atoms with van der Waals surface area (Å²) in [4.78, 5) is 37.3. The normalized spacial score (nSPS) is 12.1. The summed E-state index contributed by atoms with van der Waals surface area (Å²) in [5.41, 5.74) is 5.74. The van der Waals surface area contributed by atoms with Gasteiger partial charge in [-0.05, 0) is 39.8 Å². The topological polar surface area (TPSA) is 111 Å². The Labute approximate surface area is 147 Å². The van der Waals surface area contributed by atoms with Crippen molar-refractivity contribution in [2.75, 3.05) is 25.2 Å². The quantitative estimate of drug-likeness (QED) is 0.636. The first-order chi connectivity index (χ1) is 11.5. The Hall–Kier alpha value is -2.77. The minimum Gasteiger partial charge on any atom is -0.465 e. The standard InChI is InChI=1S/C17H25N3O5/c1-10(20(5)16(23)25-17(2,3)4)14(21)19-12-9-7-8-11(13(12)18)15(22)24-6/h7-10H,18H2,1-6H3,(H,19,21). The summed E-state index contributed by atoms with van der Waals surface area (Å²) >= 11 is 0. The number of benzene rings is 1. The lowest BCUT2D eigenvalue weighted by molar-refractivity contribution is -0.120. The van der Waals surface area contributed by atoms with Gasteiger partial charge in [0.2, 0.25) is 5.91 Å². The molecule has 0 spiro atoms. The zero-order chi connectivity index (χ0) is 19.4. The predicted octanol–water partition coefficient (Wildman–Crippen LogP) is 2.25. The van der Waals surface area contributed by atoms with E-state index in [0.717, 1.165) is 0 Å². The fourth-order valence-corrected chi connectivity index (χ4v) is 1.87. The number of nitrogens with one attached hydrogen (secondary N) is 1. The van der Waals surface area contributed by atoms with Crippen LogP contribution < -0.4 is 11.1 Å². The number of carbonyl (C=O) groups is 3. The third-order valence-electron chi connectivity index (χ3n) is 3.41. The molecule has 25 heavy (non-hydrogen) atoms. The van der Waals surface area contributed by atoms with Gasteiger partial charge in [0.25, 0.3) is 0 Å². The number of methoxy groups -OCH3 is 1. The Bertz CT molecular complexity index is 667. The summed E-state index contributed by atoms with van der Waals surface area (Å²) in [6.45, 7) is 6.77. The third kappa shape index (κ3) is 5.37. The van der Waals surface area contributed by atoms with Crippen LogP contribution in [0.1, 0.15) is 38.1 Å². The van der Waals surface area contributed by atoms with Gasteiger partial charge in [0.1, 0.15) is 11.6 Å². The predicted molar refractivity (Wildman–Crippen MR) is 94.3 cm³/mol. The molecule has 0 radical (unpaired) electrons. The first-order valence-corrected chi connectivity index (χ1v) is 7.71. The zero-order valence-electron chi connectivity index (χ0n) is 15.4. The smallest absolute Gasteiger partial charge is 0.410 e. The summed E-state index contributed by atoms with van der Waals surface area (Å²) in [7, 11) is 2.71. The number of amides is 2. The highest BCUT2D eigenvalue weighted by molar-refractivity contribution is 6.03. The van der Waals surface area contributed by atoms with Crippen molar-refractivity contribution in [1.29, 1.82) is 0 Å². The summed E-state index contributed by atoms with van der Waals surface area (Å²) in [6.07, 6.45) is -0.619. The molecule has 0 fully saturated rings. The Morgan fingerprint density at radius 3 is 2.36 bits per heavy atom. The number of hydrogen-bond acceptors (Lipinski definition) is 6. The molecule has 1 aromatic carbocycles. The van der Waals surface area contributed by atoms with Gasteiger partial charge in [0.15, 0.2) is 0 Å². The van der Waals surface area contributed by atoms with E-state index in [4.69, 9.17) is 10.5 Å². The molecule has 2 amide bonds. The van der Waals surface area contributed by atoms with Gasteiger partial charge in [-0.15, -0.1) is 0 Å². The van der Waals surface area contributed by atoms with E-state index in [-0.39, 0.29) is 16.9 Å². The average Bonchev–Trinajstić information content (AvgIpc) is 2.52. The minimum atomic E-state index is -0.809. The van der Waals surface area contributed by atoms with Crippen LogP contribution in [0, 0.1) is 0 Å². The van der Waals surface area contributed by atoms with E-state index in [0.29, 0.717) is 0 Å². The Balaban J connectivity index is 2.88. The van der Waals surface area contributed by atoms with Gasteiger partial charge in [-0.2, -0.15) is 0 Å². The average molecular weight is 351 g/mol. The van der Waals surface area contributed by atoms with Crippen molar-refractivity contribution in [3.8, 4) is 0 Å². The number of hydrogen-bond donors (Lipinski definition) is 2. The molecule has 0 saturated heterocycles. The van der Waals surface area contributed by atoms with Crippen LogP contribution >= 0.6 is 0 Å². The van der Waals surface area contributed by atoms with Crippen LogP contribution in [-0.4, -0.2) is 48.7 Å². The van der Waals surface area contributed by atoms with E-state index in [2.05, 4.69) is 10.1 Å². The molecule has 8 heteroatoms. The summed E-state index contributed by atoms with van der Waals surface area (Å²) in [5.74, 6) is -1.07. The number of anilines is 2. The van der Waals surface area contributed by atoms with Crippen molar-refractivity contribution in [1.82, 2.24) is 4.90 Å². The number of nitrogen functional groups attached to an aromatic ring is 1. The van der Waals surface area contributed by atoms with Crippen LogP contribution in [0.5, 0.6) is 0 Å². The molecule has 1 atom stereocenters. The number of nitrogens with zero attached hydrogens (tertiary/aromatic N) is 1. The van der Waals surface area contributed by atoms with Crippen molar-refractivity contribution in [2.45, 2.75) is 39.3 Å². The molecule has 0 saturated carbocycles. The van der Waals surface area contributed by atoms with Gasteiger partial charge in [0, 0.05) is 7.05 Å². The molecule has 3 N–H and O–H groups in total. The number of esters is 1. The summed E-state index contributed by atoms with van der Waals surface area (Å²) in [5, 5.41) is 2.61. The van der Waals surface area contributed by atoms with Crippen molar-refractivity contribution < 1.29 is 23.9 Å². The van der Waals surface area contributed by atoms with E-state index in [9.17, 15) is 14.4 Å². The molecule has 0 bridgehead atoms. The monoisotopic (exact) mass is 351 g/mol. The van der Waals surface area contributed by atoms with Crippen LogP contribution in [0.2, 0.25) is 0 Å². The number of carbonyl (C=O) groups excluding carboxylic acids is 3. The first-order valence-electron chi connectivity index (χ1n) is 7.71. The van der Waals surface area contributed by atoms with Crippen LogP contribution in [0.25, 0.3) is 0 Å². The first kappa shape index (κ1) is 20.3. The van der Waals surface area contributed by atoms with Crippen molar-refractivity contribution in [3.63, 3.8) is 0 Å². The van der Waals surface area contributed by atoms with Gasteiger partial charge in [-0.1, -0.05) is 6.07 Å². The van der Waals surface area contributed by atoms with Crippen LogP contribution in [0.3, 0.4) is 0 Å². The lowest BCUT2D eigenvalue weighted by Gasteiger charge is -2.28. The van der Waals surface area contributed by atoms with E-state index in [1.54, 1.807) is 39.8 Å². The second-order valence-corrected chi connectivity index (χ2v) is 6.51. The van der Waals surface area contributed by atoms with E-state index in [1.807, 2.05) is 0 Å². The van der Waals surface area contributed by atoms with Crippen LogP contribution in [0.15, 0.2) is 18.2 Å². The lowest BCUT2D eigenvalue weighted by Crippen LogP contribution is -2.45. The Kier molecular flexibility index (Phi) is 6.38. The maximum Gasteiger partial charge on any atom is 0.410 e. The van der Waals surface area contributed by atoms with E-state index < -0.39 is 29.6 Å². The van der Waals surface area contributed by atoms with Gasteiger partial charge in [0.05, 0.1) is 24.0 Å². The van der Waals surface area contributed by atoms with E-state index in [1.165, 1.54) is 25.1 Å². The molecular weight excluding hydrogens is 326 g/mol. The molecule has 0 heterocycles. The molecule has 138 valence electrons. The number of para-hydroxylation sites is 1. The highest BCUT2D eigenvalue weighted by Gasteiger charge is 2.27. The maximum atomic E-state index is 12.4. The van der Waals surface area contributed by atoms with Crippen molar-refractivity contribution in [2.24, 2.45) is 0 Å². The molecule has 1 rings (SSSR count). The highest BCUT2D eigenvalue weighted by atomic mass is 16.6. The molecule has 0 aliphatic rings. The van der Waals surface area contributed by atoms with Gasteiger partial charge >= 0.3 is 12.1 Å². The fraction of sp³-hybridized carbons (Fsp3) is 0.471. The number of ether oxygens (including phenoxy) is 2. The SMILES string of the molecule is COC(=O)c1cccc(NC(=O)C(C)N(C)C(=O)OC(C)(C)C)c1N. The molecular formula is C17H25N3O5. The lowest BCUT2D eigenvalue weighted by atomic mass is 10.1. The van der Waals surface area contributed by atoms with Crippen molar-refractivity contribution in [3.05, 3.63) is 23.8 Å². The summed E-state index contributed by atoms with van der Waals surface area (Å²) in [6, 6.07) is 3.81. The van der Waals surface area contributed by atoms with Gasteiger partial charge in [-0.25, -0.2) is 9.59 Å². The van der Waals surface area contributed by atoms with E-state index >= 15 is 0 Å². The maximum absolute atomic E-state index is 12.4. The minimum absolute atomic E-state index is 0.0924. The Morgan fingerprint density at radius 2 is 1.84 bits per heavy atom. The molecule has 1 aromatic rings. The number of likely N-dealkylation sites (N-methyl/N-ethyl adjacent to an activating group) is 1. The highest BCUT2D eigenvalue weighted by Crippen LogP contribution is 2.24. The van der Waals surface area contributed by atoms with Gasteiger partial charge < -0.3 is 20.5 Å². The molecule has 0 aliphatic carbocycles. The molecule has 1 unspecified atom stereocenters. The fourth-order valence-electron chi connectivity index (χ4n) is 1.87. The molecule has 0 aromatic heterocycles. The molecule has 8 nitrogen and oxygen atoms in total. The van der Waals surface area contributed by atoms with Crippen LogP contribution in [-0.2, 0) is 14.3 Å². The molecule has 0 aliphatic heterocycles. The summed E-state index contributed by atoms with van der Waals surface area (Å²) < 4.78 is 9.87. The second-order valence-electron chi connectivity index (χ2n) is 6.51. The van der Waals surface area contributed by atoms with Crippen LogP contribution in [0.4, 0.5) is 16.2 Å². The zero-order valence-corrected chi connectivity index (χ0v) is 15.4. The second kappa shape index (κ2) is 7.87. The Morgan fingerprint density at radius 1 is 1.24 bits per heavy atom. The van der Waals surface area contributed by atoms with Gasteiger partial charge in [-0.3, -0.25) is 9.69 Å². The third-order valence-corrected chi connectivity index (χ3v) is 3.41. The van der Waals surface area contributed by atoms with Crippen molar-refractivity contribution >= 4 is 29.3 Å². The number of nitrogens with two attached hydrogens (primary N) is 1. The largest absolute Gasteiger partial charge is 0.465 e. The number of rotatable bonds is 4.